The average Bonchev–Trinajstić information content (AvgIpc) is 2.43. The van der Waals surface area contributed by atoms with E-state index in [1.165, 1.54) is 6.92 Å². The number of halogens is 1. The number of ketones is 1. The molecule has 0 amide bonds. The molecule has 0 radical (unpaired) electrons. The molecule has 0 heterocycles. The third kappa shape index (κ3) is 1.24. The van der Waals surface area contributed by atoms with Gasteiger partial charge in [-0.25, -0.2) is 4.39 Å². The number of ether oxygens (including phenoxy) is 1. The molecule has 2 aliphatic rings. The van der Waals surface area contributed by atoms with Crippen LogP contribution in [0.2, 0.25) is 0 Å². The van der Waals surface area contributed by atoms with Crippen molar-refractivity contribution >= 4 is 11.8 Å². The summed E-state index contributed by atoms with van der Waals surface area (Å²) in [6.45, 7) is 1.31. The van der Waals surface area contributed by atoms with Gasteiger partial charge in [-0.1, -0.05) is 0 Å². The molecule has 2 aliphatic carbocycles. The maximum Gasteiger partial charge on any atom is 0.302 e. The quantitative estimate of drug-likeness (QED) is 0.570. The highest BCUT2D eigenvalue weighted by atomic mass is 19.1. The molecule has 0 aliphatic heterocycles. The summed E-state index contributed by atoms with van der Waals surface area (Å²) >= 11 is 0. The number of hydrogen-bond donors (Lipinski definition) is 0. The molecule has 0 saturated heterocycles. The van der Waals surface area contributed by atoms with E-state index in [1.807, 2.05) is 0 Å². The van der Waals surface area contributed by atoms with Crippen molar-refractivity contribution in [1.29, 1.82) is 0 Å². The summed E-state index contributed by atoms with van der Waals surface area (Å²) in [6, 6.07) is 0. The lowest BCUT2D eigenvalue weighted by Crippen LogP contribution is -2.26. The highest BCUT2D eigenvalue weighted by Gasteiger charge is 2.55. The number of hydrogen-bond acceptors (Lipinski definition) is 3. The summed E-state index contributed by atoms with van der Waals surface area (Å²) in [5.74, 6) is -1.28. The normalized spacial score (nSPS) is 42.5. The van der Waals surface area contributed by atoms with Crippen molar-refractivity contribution in [3.63, 3.8) is 0 Å². The van der Waals surface area contributed by atoms with E-state index in [0.717, 1.165) is 0 Å². The lowest BCUT2D eigenvalue weighted by Gasteiger charge is -2.19. The first-order valence-electron chi connectivity index (χ1n) is 4.43. The van der Waals surface area contributed by atoms with Gasteiger partial charge in [0.05, 0.1) is 5.92 Å². The number of alkyl halides is 1. The van der Waals surface area contributed by atoms with Gasteiger partial charge in [-0.3, -0.25) is 9.59 Å². The van der Waals surface area contributed by atoms with Crippen LogP contribution >= 0.6 is 0 Å². The number of carbonyl (C=O) groups excluding carboxylic acids is 2. The second-order valence-corrected chi connectivity index (χ2v) is 3.77. The van der Waals surface area contributed by atoms with Crippen molar-refractivity contribution in [2.75, 3.05) is 0 Å². The Labute approximate surface area is 75.2 Å². The molecule has 13 heavy (non-hydrogen) atoms. The first-order valence-corrected chi connectivity index (χ1v) is 4.43. The minimum absolute atomic E-state index is 0.0131. The van der Waals surface area contributed by atoms with Gasteiger partial charge in [0, 0.05) is 19.3 Å². The fourth-order valence-electron chi connectivity index (χ4n) is 2.34. The zero-order valence-corrected chi connectivity index (χ0v) is 7.33. The molecule has 0 aromatic rings. The van der Waals surface area contributed by atoms with Crippen LogP contribution in [-0.4, -0.2) is 24.0 Å². The number of rotatable bonds is 1. The number of Topliss-reactive ketones (excluding diaryl/α,β-unsaturated/α-hetero) is 1. The average molecular weight is 186 g/mol. The van der Waals surface area contributed by atoms with Crippen LogP contribution < -0.4 is 0 Å². The van der Waals surface area contributed by atoms with Crippen molar-refractivity contribution in [3.8, 4) is 0 Å². The summed E-state index contributed by atoms with van der Waals surface area (Å²) in [4.78, 5) is 21.7. The van der Waals surface area contributed by atoms with Crippen LogP contribution in [0.25, 0.3) is 0 Å². The summed E-state index contributed by atoms with van der Waals surface area (Å²) in [7, 11) is 0. The summed E-state index contributed by atoms with van der Waals surface area (Å²) in [5, 5.41) is 0. The van der Waals surface area contributed by atoms with Gasteiger partial charge in [-0.05, 0) is 6.42 Å². The summed E-state index contributed by atoms with van der Waals surface area (Å²) in [5.41, 5.74) is 0. The van der Waals surface area contributed by atoms with Gasteiger partial charge < -0.3 is 4.74 Å². The maximum absolute atomic E-state index is 13.3. The van der Waals surface area contributed by atoms with Gasteiger partial charge in [0.2, 0.25) is 0 Å². The van der Waals surface area contributed by atoms with E-state index in [0.29, 0.717) is 6.42 Å². The Morgan fingerprint density at radius 2 is 2.31 bits per heavy atom. The van der Waals surface area contributed by atoms with Gasteiger partial charge in [0.1, 0.15) is 18.1 Å². The van der Waals surface area contributed by atoms with Crippen LogP contribution in [0.3, 0.4) is 0 Å². The third-order valence-corrected chi connectivity index (χ3v) is 2.92. The molecule has 0 spiro atoms. The Morgan fingerprint density at radius 1 is 1.62 bits per heavy atom. The molecule has 4 atom stereocenters. The molecule has 0 aromatic carbocycles. The predicted molar refractivity (Wildman–Crippen MR) is 41.7 cm³/mol. The first kappa shape index (κ1) is 8.66. The minimum atomic E-state index is -1.09. The molecule has 3 nitrogen and oxygen atoms in total. The number of fused-ring (bicyclic) bond motifs is 2. The van der Waals surface area contributed by atoms with E-state index in [-0.39, 0.29) is 24.2 Å². The fraction of sp³-hybridized carbons (Fsp3) is 0.778. The Kier molecular flexibility index (Phi) is 1.86. The van der Waals surface area contributed by atoms with Gasteiger partial charge in [0.15, 0.2) is 0 Å². The van der Waals surface area contributed by atoms with Gasteiger partial charge in [-0.2, -0.15) is 0 Å². The Balaban J connectivity index is 2.06. The van der Waals surface area contributed by atoms with Crippen molar-refractivity contribution in [2.24, 2.45) is 11.8 Å². The predicted octanol–water partition coefficient (Wildman–Crippen LogP) is 0.865. The minimum Gasteiger partial charge on any atom is -0.462 e. The fourth-order valence-corrected chi connectivity index (χ4v) is 2.34. The van der Waals surface area contributed by atoms with E-state index in [1.54, 1.807) is 0 Å². The van der Waals surface area contributed by atoms with Crippen LogP contribution in [0.1, 0.15) is 19.8 Å². The van der Waals surface area contributed by atoms with E-state index in [9.17, 15) is 14.0 Å². The summed E-state index contributed by atoms with van der Waals surface area (Å²) in [6.07, 6.45) is -0.833. The third-order valence-electron chi connectivity index (χ3n) is 2.92. The zero-order chi connectivity index (χ0) is 9.59. The summed E-state index contributed by atoms with van der Waals surface area (Å²) < 4.78 is 18.2. The molecule has 2 saturated carbocycles. The van der Waals surface area contributed by atoms with Gasteiger partial charge >= 0.3 is 5.97 Å². The van der Waals surface area contributed by atoms with Crippen molar-refractivity contribution in [3.05, 3.63) is 0 Å². The molecule has 2 bridgehead atoms. The molecule has 0 aromatic heterocycles. The molecule has 2 rings (SSSR count). The topological polar surface area (TPSA) is 43.4 Å². The van der Waals surface area contributed by atoms with E-state index < -0.39 is 18.1 Å². The highest BCUT2D eigenvalue weighted by molar-refractivity contribution is 5.85. The van der Waals surface area contributed by atoms with Crippen LogP contribution in [0.15, 0.2) is 0 Å². The second-order valence-electron chi connectivity index (χ2n) is 3.77. The van der Waals surface area contributed by atoms with Crippen molar-refractivity contribution in [1.82, 2.24) is 0 Å². The maximum atomic E-state index is 13.3. The first-order chi connectivity index (χ1) is 6.09. The molecule has 4 heteroatoms. The van der Waals surface area contributed by atoms with Crippen molar-refractivity contribution in [2.45, 2.75) is 32.0 Å². The molecule has 72 valence electrons. The molecular weight excluding hydrogens is 175 g/mol. The smallest absolute Gasteiger partial charge is 0.302 e. The Morgan fingerprint density at radius 3 is 2.69 bits per heavy atom. The Bertz CT molecular complexity index is 264. The monoisotopic (exact) mass is 186 g/mol. The largest absolute Gasteiger partial charge is 0.462 e. The lowest BCUT2D eigenvalue weighted by molar-refractivity contribution is -0.150. The van der Waals surface area contributed by atoms with E-state index in [2.05, 4.69) is 0 Å². The molecule has 2 fully saturated rings. The van der Waals surface area contributed by atoms with E-state index >= 15 is 0 Å². The highest BCUT2D eigenvalue weighted by Crippen LogP contribution is 2.45. The lowest BCUT2D eigenvalue weighted by atomic mass is 9.96. The SMILES string of the molecule is CC(=O)OC1CC2C(=O)CC1C2F. The van der Waals surface area contributed by atoms with Gasteiger partial charge in [0.25, 0.3) is 0 Å². The standard InChI is InChI=1S/C9H11FO3/c1-4(11)13-8-3-5-7(12)2-6(8)9(5)10/h5-6,8-9H,2-3H2,1H3. The zero-order valence-electron chi connectivity index (χ0n) is 7.33. The molecular formula is C9H11FO3. The number of carbonyl (C=O) groups is 2. The molecule has 0 N–H and O–H groups in total. The number of esters is 1. The molecule has 4 unspecified atom stereocenters. The van der Waals surface area contributed by atoms with E-state index in [4.69, 9.17) is 4.74 Å². The Hall–Kier alpha value is -0.930. The van der Waals surface area contributed by atoms with Crippen LogP contribution in [0, 0.1) is 11.8 Å². The van der Waals surface area contributed by atoms with Crippen LogP contribution in [-0.2, 0) is 14.3 Å². The van der Waals surface area contributed by atoms with Gasteiger partial charge in [-0.15, -0.1) is 0 Å². The van der Waals surface area contributed by atoms with Crippen LogP contribution in [0.5, 0.6) is 0 Å². The second kappa shape index (κ2) is 2.79. The van der Waals surface area contributed by atoms with Crippen molar-refractivity contribution < 1.29 is 18.7 Å². The van der Waals surface area contributed by atoms with Crippen LogP contribution in [0.4, 0.5) is 4.39 Å².